The molecule has 0 fully saturated rings. The van der Waals surface area contributed by atoms with E-state index in [0.29, 0.717) is 0 Å². The SMILES string of the molecule is Cc1ccc(C(O)c2sc(C)cc2C)c(C)c1. The summed E-state index contributed by atoms with van der Waals surface area (Å²) in [6.45, 7) is 8.27. The maximum Gasteiger partial charge on any atom is 0.114 e. The highest BCUT2D eigenvalue weighted by atomic mass is 32.1. The molecule has 0 aliphatic heterocycles. The van der Waals surface area contributed by atoms with E-state index in [1.165, 1.54) is 16.0 Å². The molecular formula is C15H18OS. The van der Waals surface area contributed by atoms with E-state index < -0.39 is 6.10 Å². The smallest absolute Gasteiger partial charge is 0.114 e. The van der Waals surface area contributed by atoms with Gasteiger partial charge < -0.3 is 5.11 Å². The van der Waals surface area contributed by atoms with Gasteiger partial charge in [-0.15, -0.1) is 11.3 Å². The number of rotatable bonds is 2. The Hall–Kier alpha value is -1.12. The zero-order valence-electron chi connectivity index (χ0n) is 10.7. The molecule has 0 bridgehead atoms. The Morgan fingerprint density at radius 3 is 2.24 bits per heavy atom. The minimum Gasteiger partial charge on any atom is -0.383 e. The van der Waals surface area contributed by atoms with Crippen LogP contribution in [0.15, 0.2) is 24.3 Å². The summed E-state index contributed by atoms with van der Waals surface area (Å²) < 4.78 is 0. The maximum absolute atomic E-state index is 10.5. The number of aliphatic hydroxyl groups is 1. The van der Waals surface area contributed by atoms with Gasteiger partial charge in [0.1, 0.15) is 6.10 Å². The van der Waals surface area contributed by atoms with Gasteiger partial charge in [-0.3, -0.25) is 0 Å². The number of aryl methyl sites for hydroxylation is 4. The fourth-order valence-corrected chi connectivity index (χ4v) is 3.25. The molecule has 90 valence electrons. The highest BCUT2D eigenvalue weighted by molar-refractivity contribution is 7.12. The van der Waals surface area contributed by atoms with Crippen molar-refractivity contribution >= 4 is 11.3 Å². The van der Waals surface area contributed by atoms with Gasteiger partial charge in [0, 0.05) is 9.75 Å². The van der Waals surface area contributed by atoms with Gasteiger partial charge >= 0.3 is 0 Å². The number of thiophene rings is 1. The molecule has 0 radical (unpaired) electrons. The van der Waals surface area contributed by atoms with Gasteiger partial charge in [-0.2, -0.15) is 0 Å². The monoisotopic (exact) mass is 246 g/mol. The first-order valence-electron chi connectivity index (χ1n) is 5.81. The Labute approximate surface area is 107 Å². The first kappa shape index (κ1) is 12.3. The summed E-state index contributed by atoms with van der Waals surface area (Å²) in [6.07, 6.45) is -0.491. The van der Waals surface area contributed by atoms with E-state index in [1.54, 1.807) is 11.3 Å². The van der Waals surface area contributed by atoms with Crippen LogP contribution < -0.4 is 0 Å². The number of aliphatic hydroxyl groups excluding tert-OH is 1. The fraction of sp³-hybridized carbons (Fsp3) is 0.333. The number of hydrogen-bond donors (Lipinski definition) is 1. The van der Waals surface area contributed by atoms with Crippen LogP contribution in [-0.4, -0.2) is 5.11 Å². The predicted molar refractivity (Wildman–Crippen MR) is 73.8 cm³/mol. The normalized spacial score (nSPS) is 12.8. The predicted octanol–water partition coefficient (Wildman–Crippen LogP) is 4.06. The second kappa shape index (κ2) is 4.63. The summed E-state index contributed by atoms with van der Waals surface area (Å²) in [6, 6.07) is 8.34. The van der Waals surface area contributed by atoms with Crippen molar-refractivity contribution in [2.45, 2.75) is 33.8 Å². The second-order valence-corrected chi connectivity index (χ2v) is 5.95. The lowest BCUT2D eigenvalue weighted by molar-refractivity contribution is 0.222. The first-order valence-corrected chi connectivity index (χ1v) is 6.63. The third-order valence-corrected chi connectivity index (χ3v) is 4.25. The van der Waals surface area contributed by atoms with Crippen molar-refractivity contribution in [3.8, 4) is 0 Å². The molecule has 0 amide bonds. The fourth-order valence-electron chi connectivity index (χ4n) is 2.20. The largest absolute Gasteiger partial charge is 0.383 e. The van der Waals surface area contributed by atoms with E-state index in [9.17, 15) is 5.11 Å². The molecule has 1 nitrogen and oxygen atoms in total. The van der Waals surface area contributed by atoms with Crippen LogP contribution in [0, 0.1) is 27.7 Å². The highest BCUT2D eigenvalue weighted by Crippen LogP contribution is 2.33. The molecule has 1 N–H and O–H groups in total. The molecule has 1 unspecified atom stereocenters. The van der Waals surface area contributed by atoms with Crippen LogP contribution in [0.1, 0.15) is 38.1 Å². The van der Waals surface area contributed by atoms with Crippen LogP contribution in [0.5, 0.6) is 0 Å². The van der Waals surface area contributed by atoms with E-state index >= 15 is 0 Å². The van der Waals surface area contributed by atoms with Gasteiger partial charge in [-0.1, -0.05) is 23.8 Å². The van der Waals surface area contributed by atoms with Crippen LogP contribution in [-0.2, 0) is 0 Å². The summed E-state index contributed by atoms with van der Waals surface area (Å²) >= 11 is 1.68. The summed E-state index contributed by atoms with van der Waals surface area (Å²) in [5.74, 6) is 0. The topological polar surface area (TPSA) is 20.2 Å². The molecule has 0 aliphatic rings. The number of benzene rings is 1. The third-order valence-electron chi connectivity index (χ3n) is 3.05. The number of hydrogen-bond acceptors (Lipinski definition) is 2. The van der Waals surface area contributed by atoms with E-state index in [0.717, 1.165) is 16.0 Å². The van der Waals surface area contributed by atoms with Crippen molar-refractivity contribution < 1.29 is 5.11 Å². The second-order valence-electron chi connectivity index (χ2n) is 4.67. The lowest BCUT2D eigenvalue weighted by atomic mass is 9.99. The van der Waals surface area contributed by atoms with Crippen molar-refractivity contribution in [3.63, 3.8) is 0 Å². The average molecular weight is 246 g/mol. The molecule has 17 heavy (non-hydrogen) atoms. The van der Waals surface area contributed by atoms with Gasteiger partial charge in [0.05, 0.1) is 0 Å². The van der Waals surface area contributed by atoms with Gasteiger partial charge in [-0.25, -0.2) is 0 Å². The summed E-state index contributed by atoms with van der Waals surface area (Å²) in [5.41, 5.74) is 4.58. The lowest BCUT2D eigenvalue weighted by Gasteiger charge is -2.14. The minimum absolute atomic E-state index is 0.491. The van der Waals surface area contributed by atoms with Crippen molar-refractivity contribution in [1.29, 1.82) is 0 Å². The maximum atomic E-state index is 10.5. The zero-order chi connectivity index (χ0) is 12.6. The Kier molecular flexibility index (Phi) is 3.36. The van der Waals surface area contributed by atoms with E-state index in [-0.39, 0.29) is 0 Å². The van der Waals surface area contributed by atoms with Crippen LogP contribution >= 0.6 is 11.3 Å². The van der Waals surface area contributed by atoms with E-state index in [1.807, 2.05) is 6.07 Å². The lowest BCUT2D eigenvalue weighted by Crippen LogP contribution is -2.01. The Bertz CT molecular complexity index is 540. The molecule has 0 aliphatic carbocycles. The molecular weight excluding hydrogens is 228 g/mol. The highest BCUT2D eigenvalue weighted by Gasteiger charge is 2.17. The standard InChI is InChI=1S/C15H18OS/c1-9-5-6-13(10(2)7-9)14(16)15-11(3)8-12(4)17-15/h5-8,14,16H,1-4H3. The summed E-state index contributed by atoms with van der Waals surface area (Å²) in [7, 11) is 0. The van der Waals surface area contributed by atoms with Crippen LogP contribution in [0.3, 0.4) is 0 Å². The van der Waals surface area contributed by atoms with Crippen LogP contribution in [0.4, 0.5) is 0 Å². The molecule has 0 saturated heterocycles. The van der Waals surface area contributed by atoms with Gasteiger partial charge in [0.15, 0.2) is 0 Å². The van der Waals surface area contributed by atoms with Gasteiger partial charge in [-0.05, 0) is 50.5 Å². The molecule has 1 heterocycles. The third kappa shape index (κ3) is 2.43. The van der Waals surface area contributed by atoms with Crippen LogP contribution in [0.2, 0.25) is 0 Å². The first-order chi connectivity index (χ1) is 7.99. The zero-order valence-corrected chi connectivity index (χ0v) is 11.6. The molecule has 1 atom stereocenters. The average Bonchev–Trinajstić information content (AvgIpc) is 2.57. The van der Waals surface area contributed by atoms with Crippen molar-refractivity contribution in [2.24, 2.45) is 0 Å². The van der Waals surface area contributed by atoms with Crippen LogP contribution in [0.25, 0.3) is 0 Å². The molecule has 0 spiro atoms. The van der Waals surface area contributed by atoms with Crippen molar-refractivity contribution in [3.05, 3.63) is 56.3 Å². The minimum atomic E-state index is -0.491. The van der Waals surface area contributed by atoms with Crippen molar-refractivity contribution in [1.82, 2.24) is 0 Å². The van der Waals surface area contributed by atoms with Crippen molar-refractivity contribution in [2.75, 3.05) is 0 Å². The molecule has 0 saturated carbocycles. The molecule has 2 rings (SSSR count). The van der Waals surface area contributed by atoms with Gasteiger partial charge in [0.2, 0.25) is 0 Å². The molecule has 2 aromatic rings. The Balaban J connectivity index is 2.43. The van der Waals surface area contributed by atoms with E-state index in [2.05, 4.69) is 45.9 Å². The molecule has 1 aromatic carbocycles. The van der Waals surface area contributed by atoms with Gasteiger partial charge in [0.25, 0.3) is 0 Å². The van der Waals surface area contributed by atoms with E-state index in [4.69, 9.17) is 0 Å². The molecule has 1 aromatic heterocycles. The Morgan fingerprint density at radius 1 is 1.00 bits per heavy atom. The Morgan fingerprint density at radius 2 is 1.71 bits per heavy atom. The molecule has 2 heteroatoms. The summed E-state index contributed by atoms with van der Waals surface area (Å²) in [5, 5.41) is 10.5. The summed E-state index contributed by atoms with van der Waals surface area (Å²) in [4.78, 5) is 2.32. The quantitative estimate of drug-likeness (QED) is 0.847.